The van der Waals surface area contributed by atoms with Gasteiger partial charge in [-0.15, -0.1) is 0 Å². The Bertz CT molecular complexity index is 893. The summed E-state index contributed by atoms with van der Waals surface area (Å²) in [6.07, 6.45) is 6.24. The highest BCUT2D eigenvalue weighted by atomic mass is 35.5. The van der Waals surface area contributed by atoms with Crippen LogP contribution in [0.3, 0.4) is 0 Å². The largest absolute Gasteiger partial charge is 0.487 e. The number of furan rings is 1. The molecule has 0 N–H and O–H groups in total. The van der Waals surface area contributed by atoms with Gasteiger partial charge >= 0.3 is 0 Å². The van der Waals surface area contributed by atoms with Crippen molar-refractivity contribution in [2.24, 2.45) is 0 Å². The Balaban J connectivity index is 1.44. The molecule has 0 aromatic carbocycles. The number of aromatic nitrogens is 2. The van der Waals surface area contributed by atoms with Crippen LogP contribution in [0.1, 0.15) is 23.3 Å². The number of nitrogens with zero attached hydrogens (tertiary/aromatic N) is 3. The molecule has 1 unspecified atom stereocenters. The normalized spacial score (nSPS) is 17.3. The van der Waals surface area contributed by atoms with Gasteiger partial charge in [-0.2, -0.15) is 0 Å². The van der Waals surface area contributed by atoms with E-state index in [1.54, 1.807) is 35.4 Å². The molecule has 0 spiro atoms. The first-order valence-electron chi connectivity index (χ1n) is 8.27. The molecule has 8 heteroatoms. The number of carbonyl (C=O) groups is 1. The molecule has 0 saturated carbocycles. The number of amides is 1. The average Bonchev–Trinajstić information content (AvgIpc) is 3.35. The van der Waals surface area contributed by atoms with Crippen LogP contribution in [0.2, 0.25) is 5.02 Å². The number of pyridine rings is 1. The molecule has 26 heavy (non-hydrogen) atoms. The van der Waals surface area contributed by atoms with Crippen molar-refractivity contribution in [1.82, 2.24) is 15.0 Å². The van der Waals surface area contributed by atoms with Gasteiger partial charge in [-0.05, 0) is 25.0 Å². The third-order valence-electron chi connectivity index (χ3n) is 4.19. The number of carbonyl (C=O) groups excluding carboxylic acids is 1. The minimum Gasteiger partial charge on any atom is -0.487 e. The monoisotopic (exact) mass is 373 g/mol. The van der Waals surface area contributed by atoms with E-state index in [2.05, 4.69) is 10.1 Å². The Hall–Kier alpha value is -2.80. The lowest BCUT2D eigenvalue weighted by atomic mass is 10.1. The minimum absolute atomic E-state index is 0.135. The first-order valence-corrected chi connectivity index (χ1v) is 8.64. The summed E-state index contributed by atoms with van der Waals surface area (Å²) in [5.41, 5.74) is 0.249. The van der Waals surface area contributed by atoms with E-state index in [9.17, 15) is 4.79 Å². The van der Waals surface area contributed by atoms with Gasteiger partial charge in [-0.25, -0.2) is 0 Å². The molecule has 3 aromatic heterocycles. The lowest BCUT2D eigenvalue weighted by Gasteiger charge is -2.32. The smallest absolute Gasteiger partial charge is 0.276 e. The van der Waals surface area contributed by atoms with Gasteiger partial charge in [-0.1, -0.05) is 16.8 Å². The highest BCUT2D eigenvalue weighted by Crippen LogP contribution is 2.26. The number of hydrogen-bond donors (Lipinski definition) is 0. The number of likely N-dealkylation sites (tertiary alicyclic amines) is 1. The van der Waals surface area contributed by atoms with Crippen molar-refractivity contribution in [3.05, 3.63) is 53.6 Å². The van der Waals surface area contributed by atoms with Crippen molar-refractivity contribution in [3.8, 4) is 17.3 Å². The molecule has 0 aliphatic carbocycles. The fourth-order valence-electron chi connectivity index (χ4n) is 2.93. The van der Waals surface area contributed by atoms with Gasteiger partial charge in [-0.3, -0.25) is 9.78 Å². The lowest BCUT2D eigenvalue weighted by molar-refractivity contribution is 0.0529. The van der Waals surface area contributed by atoms with E-state index >= 15 is 0 Å². The fraction of sp³-hybridized carbons (Fsp3) is 0.278. The van der Waals surface area contributed by atoms with Gasteiger partial charge < -0.3 is 18.6 Å². The maximum absolute atomic E-state index is 12.7. The summed E-state index contributed by atoms with van der Waals surface area (Å²) in [5, 5.41) is 4.33. The van der Waals surface area contributed by atoms with Crippen molar-refractivity contribution >= 4 is 17.5 Å². The second-order valence-corrected chi connectivity index (χ2v) is 6.40. The van der Waals surface area contributed by atoms with Crippen LogP contribution in [-0.2, 0) is 0 Å². The van der Waals surface area contributed by atoms with Crippen LogP contribution in [-0.4, -0.2) is 40.1 Å². The van der Waals surface area contributed by atoms with Crippen molar-refractivity contribution in [1.29, 1.82) is 0 Å². The second kappa shape index (κ2) is 7.21. The van der Waals surface area contributed by atoms with Crippen LogP contribution < -0.4 is 4.74 Å². The van der Waals surface area contributed by atoms with E-state index < -0.39 is 0 Å². The van der Waals surface area contributed by atoms with E-state index in [4.69, 9.17) is 25.3 Å². The Labute approximate surface area is 154 Å². The highest BCUT2D eigenvalue weighted by Gasteiger charge is 2.28. The molecule has 1 amide bonds. The Morgan fingerprint density at radius 2 is 2.27 bits per heavy atom. The highest BCUT2D eigenvalue weighted by molar-refractivity contribution is 6.31. The molecule has 1 fully saturated rings. The quantitative estimate of drug-likeness (QED) is 0.694. The first kappa shape index (κ1) is 16.7. The van der Waals surface area contributed by atoms with E-state index in [0.717, 1.165) is 12.8 Å². The van der Waals surface area contributed by atoms with Crippen molar-refractivity contribution < 1.29 is 18.5 Å². The molecule has 1 aliphatic rings. The van der Waals surface area contributed by atoms with Crippen LogP contribution in [0.4, 0.5) is 0 Å². The van der Waals surface area contributed by atoms with E-state index in [1.165, 1.54) is 12.5 Å². The molecule has 0 radical (unpaired) electrons. The van der Waals surface area contributed by atoms with Crippen LogP contribution >= 0.6 is 11.6 Å². The molecule has 1 aliphatic heterocycles. The van der Waals surface area contributed by atoms with E-state index in [1.807, 2.05) is 0 Å². The third kappa shape index (κ3) is 3.43. The Kier molecular flexibility index (Phi) is 4.62. The molecule has 4 rings (SSSR count). The van der Waals surface area contributed by atoms with Gasteiger partial charge in [0, 0.05) is 31.1 Å². The van der Waals surface area contributed by atoms with Crippen molar-refractivity contribution in [2.45, 2.75) is 18.9 Å². The average molecular weight is 374 g/mol. The molecule has 3 aromatic rings. The Morgan fingerprint density at radius 3 is 3.08 bits per heavy atom. The zero-order valence-electron chi connectivity index (χ0n) is 13.8. The van der Waals surface area contributed by atoms with Gasteiger partial charge in [0.2, 0.25) is 5.76 Å². The summed E-state index contributed by atoms with van der Waals surface area (Å²) in [7, 11) is 0. The van der Waals surface area contributed by atoms with Crippen LogP contribution in [0.25, 0.3) is 11.5 Å². The summed E-state index contributed by atoms with van der Waals surface area (Å²) in [6.45, 7) is 1.10. The molecule has 134 valence electrons. The topological polar surface area (TPSA) is 81.6 Å². The SMILES string of the molecule is O=C(c1cc(-c2ccco2)on1)N1CCCC(Oc2ccncc2Cl)C1. The maximum atomic E-state index is 12.7. The van der Waals surface area contributed by atoms with Crippen molar-refractivity contribution in [2.75, 3.05) is 13.1 Å². The predicted octanol–water partition coefficient (Wildman–Crippen LogP) is 3.67. The molecule has 7 nitrogen and oxygen atoms in total. The Morgan fingerprint density at radius 1 is 1.35 bits per heavy atom. The van der Waals surface area contributed by atoms with Crippen LogP contribution in [0, 0.1) is 0 Å². The molecule has 1 saturated heterocycles. The predicted molar refractivity (Wildman–Crippen MR) is 93.0 cm³/mol. The minimum atomic E-state index is -0.194. The molecule has 1 atom stereocenters. The van der Waals surface area contributed by atoms with Gasteiger partial charge in [0.05, 0.1) is 12.8 Å². The number of piperidine rings is 1. The lowest BCUT2D eigenvalue weighted by Crippen LogP contribution is -2.44. The summed E-state index contributed by atoms with van der Waals surface area (Å²) in [6, 6.07) is 6.80. The van der Waals surface area contributed by atoms with Crippen LogP contribution in [0.5, 0.6) is 5.75 Å². The third-order valence-corrected chi connectivity index (χ3v) is 4.47. The standard InChI is InChI=1S/C18H16ClN3O4/c19-13-10-20-6-5-15(13)25-12-3-1-7-22(11-12)18(23)14-9-17(26-21-14)16-4-2-8-24-16/h2,4-6,8-10,12H,1,3,7,11H2. The number of ether oxygens (including phenoxy) is 1. The van der Waals surface area contributed by atoms with Crippen molar-refractivity contribution in [3.63, 3.8) is 0 Å². The summed E-state index contributed by atoms with van der Waals surface area (Å²) in [5.74, 6) is 1.33. The van der Waals surface area contributed by atoms with Crippen LogP contribution in [0.15, 0.2) is 51.9 Å². The summed E-state index contributed by atoms with van der Waals surface area (Å²) < 4.78 is 16.4. The molecule has 0 bridgehead atoms. The zero-order valence-corrected chi connectivity index (χ0v) is 14.6. The van der Waals surface area contributed by atoms with Gasteiger partial charge in [0.1, 0.15) is 16.9 Å². The zero-order chi connectivity index (χ0) is 17.9. The van der Waals surface area contributed by atoms with Gasteiger partial charge in [0.25, 0.3) is 5.91 Å². The fourth-order valence-corrected chi connectivity index (χ4v) is 3.09. The van der Waals surface area contributed by atoms with E-state index in [0.29, 0.717) is 35.4 Å². The number of hydrogen-bond acceptors (Lipinski definition) is 6. The second-order valence-electron chi connectivity index (χ2n) is 5.99. The first-order chi connectivity index (χ1) is 12.7. The maximum Gasteiger partial charge on any atom is 0.276 e. The molecular formula is C18H16ClN3O4. The van der Waals surface area contributed by atoms with E-state index in [-0.39, 0.29) is 17.7 Å². The number of halogens is 1. The summed E-state index contributed by atoms with van der Waals surface area (Å²) in [4.78, 5) is 18.4. The molecular weight excluding hydrogens is 358 g/mol. The summed E-state index contributed by atoms with van der Waals surface area (Å²) >= 11 is 6.09. The molecule has 4 heterocycles. The number of rotatable bonds is 4. The van der Waals surface area contributed by atoms with Gasteiger partial charge in [0.15, 0.2) is 11.5 Å².